The van der Waals surface area contributed by atoms with Crippen molar-refractivity contribution in [3.05, 3.63) is 78.5 Å². The molecule has 0 radical (unpaired) electrons. The third kappa shape index (κ3) is 11.6. The maximum Gasteiger partial charge on any atom is 4.00 e. The minimum absolute atomic E-state index is 0. The molecule has 0 atom stereocenters. The number of fused-ring (bicyclic) bond motifs is 3. The molecular weight excluding hydrogens is 507 g/mol. The van der Waals surface area contributed by atoms with Crippen LogP contribution in [0.25, 0.3) is 21.5 Å². The molecule has 0 spiro atoms. The van der Waals surface area contributed by atoms with Gasteiger partial charge in [0.2, 0.25) is 0 Å². The van der Waals surface area contributed by atoms with Gasteiger partial charge in [0.05, 0.1) is 0 Å². The number of benzene rings is 2. The molecule has 0 heterocycles. The average Bonchev–Trinajstić information content (AvgIpc) is 2.91. The van der Waals surface area contributed by atoms with E-state index in [-0.39, 0.29) is 51.0 Å². The van der Waals surface area contributed by atoms with Crippen molar-refractivity contribution >= 4 is 37.7 Å². The molecule has 0 fully saturated rings. The van der Waals surface area contributed by atoms with Gasteiger partial charge >= 0.3 is 26.2 Å². The number of halogens is 2. The Morgan fingerprint density at radius 1 is 0.793 bits per heavy atom. The molecule has 29 heavy (non-hydrogen) atoms. The summed E-state index contributed by atoms with van der Waals surface area (Å²) in [5.74, 6) is 0. The van der Waals surface area contributed by atoms with Crippen LogP contribution in [0.4, 0.5) is 0 Å². The minimum atomic E-state index is -1.00. The SMILES string of the molecule is C[Si](C)(C)C=C[C-]=CC[Si](C)(C)C.[Cl-].[Cl-].[Zr+4].c1ccc2c(c1)[cH-]c1ccccc12. The Kier molecular flexibility index (Phi) is 14.8. The first kappa shape index (κ1) is 30.9. The third-order valence-corrected chi connectivity index (χ3v) is 6.63. The fraction of sp³-hybridized carbons (Fsp3) is 0.292. The van der Waals surface area contributed by atoms with Gasteiger partial charge in [-0.15, -0.1) is 39.7 Å². The van der Waals surface area contributed by atoms with Crippen LogP contribution in [-0.4, -0.2) is 16.1 Å². The van der Waals surface area contributed by atoms with Crippen molar-refractivity contribution in [1.29, 1.82) is 0 Å². The predicted octanol–water partition coefficient (Wildman–Crippen LogP) is 1.83. The van der Waals surface area contributed by atoms with E-state index in [0.717, 1.165) is 0 Å². The van der Waals surface area contributed by atoms with E-state index in [9.17, 15) is 0 Å². The van der Waals surface area contributed by atoms with Gasteiger partial charge in [-0.1, -0.05) is 81.7 Å². The first-order valence-corrected chi connectivity index (χ1v) is 16.7. The summed E-state index contributed by atoms with van der Waals surface area (Å²) in [6.07, 6.45) is 7.56. The second-order valence-electron chi connectivity index (χ2n) is 9.15. The summed E-state index contributed by atoms with van der Waals surface area (Å²) in [5.41, 5.74) is 2.33. The van der Waals surface area contributed by atoms with E-state index in [1.165, 1.54) is 27.6 Å². The Morgan fingerprint density at radius 3 is 1.66 bits per heavy atom. The quantitative estimate of drug-likeness (QED) is 0.270. The Hall–Kier alpha value is -0.313. The summed E-state index contributed by atoms with van der Waals surface area (Å²) in [7, 11) is -1.90. The smallest absolute Gasteiger partial charge is 1.00 e. The van der Waals surface area contributed by atoms with Crippen molar-refractivity contribution in [3.8, 4) is 0 Å². The van der Waals surface area contributed by atoms with Crippen LogP contribution in [0.1, 0.15) is 0 Å². The maximum atomic E-state index is 3.26. The topological polar surface area (TPSA) is 0 Å². The zero-order valence-corrected chi connectivity index (χ0v) is 24.4. The average molecular weight is 539 g/mol. The molecule has 5 heteroatoms. The molecule has 0 N–H and O–H groups in total. The molecule has 3 aromatic carbocycles. The summed E-state index contributed by atoms with van der Waals surface area (Å²) in [4.78, 5) is 0. The second kappa shape index (κ2) is 13.9. The van der Waals surface area contributed by atoms with E-state index in [4.69, 9.17) is 0 Å². The fourth-order valence-corrected chi connectivity index (χ4v) is 3.96. The molecule has 0 bridgehead atoms. The summed E-state index contributed by atoms with van der Waals surface area (Å²) < 4.78 is 0. The van der Waals surface area contributed by atoms with Gasteiger partial charge in [0.25, 0.3) is 0 Å². The van der Waals surface area contributed by atoms with Gasteiger partial charge in [-0.25, -0.2) is 11.8 Å². The Balaban J connectivity index is 0. The Bertz CT molecular complexity index is 850. The van der Waals surface area contributed by atoms with E-state index < -0.39 is 16.1 Å². The van der Waals surface area contributed by atoms with E-state index in [0.29, 0.717) is 0 Å². The minimum Gasteiger partial charge on any atom is -1.00 e. The largest absolute Gasteiger partial charge is 4.00 e. The predicted molar refractivity (Wildman–Crippen MR) is 125 cm³/mol. The van der Waals surface area contributed by atoms with Crippen LogP contribution in [0.3, 0.4) is 0 Å². The third-order valence-electron chi connectivity index (χ3n) is 4.03. The van der Waals surface area contributed by atoms with Gasteiger partial charge in [-0.3, -0.25) is 6.08 Å². The van der Waals surface area contributed by atoms with Gasteiger partial charge in [-0.2, -0.15) is 6.08 Å². The molecule has 154 valence electrons. The monoisotopic (exact) mass is 536 g/mol. The summed E-state index contributed by atoms with van der Waals surface area (Å²) in [6.45, 7) is 14.2. The normalized spacial score (nSPS) is 11.5. The molecule has 0 aromatic heterocycles. The van der Waals surface area contributed by atoms with Crippen molar-refractivity contribution in [3.63, 3.8) is 0 Å². The molecule has 0 aliphatic carbocycles. The van der Waals surface area contributed by atoms with Crippen LogP contribution >= 0.6 is 0 Å². The summed E-state index contributed by atoms with van der Waals surface area (Å²) in [6, 6.07) is 20.5. The molecular formula is C24H32Cl2Si2Zr. The standard InChI is InChI=1S/C13H9.C11H23Si2.2ClH.Zr/c1-3-7-12-10(5-1)9-11-6-2-4-8-13(11)12;1-12(2,3)10-8-7-9-11-13(4,5)6;;;/h1-9H;8-10H,11H2,1-6H3;2*1H;/q2*-1;;;+4/p-2. The fourth-order valence-electron chi connectivity index (χ4n) is 2.64. The molecule has 0 aliphatic rings. The first-order chi connectivity index (χ1) is 12.2. The number of hydrogen-bond donors (Lipinski definition) is 0. The van der Waals surface area contributed by atoms with Gasteiger partial charge in [0.1, 0.15) is 0 Å². The van der Waals surface area contributed by atoms with Gasteiger partial charge in [0.15, 0.2) is 0 Å². The first-order valence-electron chi connectivity index (χ1n) is 9.44. The second-order valence-corrected chi connectivity index (χ2v) is 19.7. The number of rotatable bonds is 4. The van der Waals surface area contributed by atoms with Crippen molar-refractivity contribution in [2.45, 2.75) is 45.3 Å². The van der Waals surface area contributed by atoms with E-state index in [2.05, 4.69) is 118 Å². The van der Waals surface area contributed by atoms with Crippen LogP contribution in [0.5, 0.6) is 0 Å². The summed E-state index contributed by atoms with van der Waals surface area (Å²) >= 11 is 0. The van der Waals surface area contributed by atoms with Crippen molar-refractivity contribution < 1.29 is 51.0 Å². The molecule has 0 amide bonds. The van der Waals surface area contributed by atoms with Crippen LogP contribution in [0.2, 0.25) is 45.3 Å². The molecule has 0 unspecified atom stereocenters. The maximum absolute atomic E-state index is 3.26. The van der Waals surface area contributed by atoms with E-state index in [1.807, 2.05) is 0 Å². The van der Waals surface area contributed by atoms with Gasteiger partial charge in [0, 0.05) is 8.07 Å². The Morgan fingerprint density at radius 2 is 1.24 bits per heavy atom. The van der Waals surface area contributed by atoms with Crippen LogP contribution in [0, 0.1) is 6.08 Å². The van der Waals surface area contributed by atoms with E-state index >= 15 is 0 Å². The number of hydrogen-bond acceptors (Lipinski definition) is 0. The number of allylic oxidation sites excluding steroid dienone is 3. The van der Waals surface area contributed by atoms with Gasteiger partial charge < -0.3 is 24.8 Å². The van der Waals surface area contributed by atoms with E-state index in [1.54, 1.807) is 0 Å². The van der Waals surface area contributed by atoms with Crippen LogP contribution < -0.4 is 24.8 Å². The van der Waals surface area contributed by atoms with Gasteiger partial charge in [-0.05, 0) is 8.07 Å². The van der Waals surface area contributed by atoms with Crippen LogP contribution in [-0.2, 0) is 26.2 Å². The molecule has 0 saturated heterocycles. The molecule has 0 aliphatic heterocycles. The van der Waals surface area contributed by atoms with Crippen molar-refractivity contribution in [2.75, 3.05) is 0 Å². The molecule has 0 saturated carbocycles. The zero-order valence-electron chi connectivity index (χ0n) is 18.4. The van der Waals surface area contributed by atoms with Crippen LogP contribution in [0.15, 0.2) is 72.4 Å². The van der Waals surface area contributed by atoms with Crippen molar-refractivity contribution in [2.24, 2.45) is 0 Å². The zero-order chi connectivity index (χ0) is 19.2. The Labute approximate surface area is 211 Å². The summed E-state index contributed by atoms with van der Waals surface area (Å²) in [5, 5.41) is 5.39. The molecule has 3 rings (SSSR count). The van der Waals surface area contributed by atoms with Crippen molar-refractivity contribution in [1.82, 2.24) is 0 Å². The molecule has 3 aromatic rings. The molecule has 0 nitrogen and oxygen atoms in total.